The zero-order valence-corrected chi connectivity index (χ0v) is 26.1. The summed E-state index contributed by atoms with van der Waals surface area (Å²) < 4.78 is 41.5. The summed E-state index contributed by atoms with van der Waals surface area (Å²) in [6, 6.07) is 22.2. The number of ether oxygens (including phenoxy) is 3. The lowest BCUT2D eigenvalue weighted by molar-refractivity contribution is 0.111. The highest BCUT2D eigenvalue weighted by molar-refractivity contribution is 5.77. The van der Waals surface area contributed by atoms with Gasteiger partial charge in [-0.15, -0.1) is 5.10 Å². The van der Waals surface area contributed by atoms with Gasteiger partial charge in [-0.1, -0.05) is 24.3 Å². The first-order chi connectivity index (χ1) is 23.5. The van der Waals surface area contributed by atoms with Gasteiger partial charge in [-0.2, -0.15) is 0 Å². The van der Waals surface area contributed by atoms with E-state index in [-0.39, 0.29) is 25.7 Å². The number of carbonyl (C=O) groups excluding carboxylic acids is 1. The Kier molecular flexibility index (Phi) is 8.60. The van der Waals surface area contributed by atoms with E-state index in [1.165, 1.54) is 0 Å². The third-order valence-corrected chi connectivity index (χ3v) is 7.45. The van der Waals surface area contributed by atoms with E-state index in [0.717, 1.165) is 17.4 Å². The number of aryl methyl sites for hydroxylation is 2. The van der Waals surface area contributed by atoms with Gasteiger partial charge in [-0.05, 0) is 73.5 Å². The molecule has 0 spiro atoms. The molecule has 0 fully saturated rings. The Hall–Kier alpha value is -6.30. The van der Waals surface area contributed by atoms with Crippen molar-refractivity contribution in [3.63, 3.8) is 0 Å². The van der Waals surface area contributed by atoms with Crippen molar-refractivity contribution in [1.29, 1.82) is 0 Å². The van der Waals surface area contributed by atoms with Crippen LogP contribution >= 0.6 is 0 Å². The normalized spacial score (nSPS) is 11.1. The van der Waals surface area contributed by atoms with Crippen LogP contribution in [-0.4, -0.2) is 26.0 Å². The van der Waals surface area contributed by atoms with Crippen molar-refractivity contribution in [2.75, 3.05) is 0 Å². The largest absolute Gasteiger partial charge is 0.487 e. The van der Waals surface area contributed by atoms with E-state index in [2.05, 4.69) is 15.1 Å². The minimum Gasteiger partial charge on any atom is -0.487 e. The quantitative estimate of drug-likeness (QED) is 0.108. The van der Waals surface area contributed by atoms with E-state index < -0.39 is 0 Å². The molecule has 0 unspecified atom stereocenters. The number of rotatable bonds is 14. The second-order valence-corrected chi connectivity index (χ2v) is 10.9. The molecule has 0 amide bonds. The van der Waals surface area contributed by atoms with Gasteiger partial charge in [0, 0.05) is 6.20 Å². The summed E-state index contributed by atoms with van der Waals surface area (Å²) in [6.45, 7) is 4.85. The Morgan fingerprint density at radius 3 is 1.73 bits per heavy atom. The Labute approximate surface area is 274 Å². The number of nitrogens with zero attached hydrogens (tertiary/aromatic N) is 4. The van der Waals surface area contributed by atoms with Gasteiger partial charge >= 0.3 is 0 Å². The summed E-state index contributed by atoms with van der Waals surface area (Å²) in [7, 11) is 0. The molecular formula is C36H30N4O8. The van der Waals surface area contributed by atoms with Crippen molar-refractivity contribution in [2.24, 2.45) is 0 Å². The maximum atomic E-state index is 11.8. The topological polar surface area (TPSA) is 141 Å². The number of benzene rings is 2. The van der Waals surface area contributed by atoms with Gasteiger partial charge in [0.2, 0.25) is 5.88 Å². The average molecular weight is 647 g/mol. The van der Waals surface area contributed by atoms with Crippen LogP contribution in [0.1, 0.15) is 44.4 Å². The van der Waals surface area contributed by atoms with Crippen LogP contribution in [-0.2, 0) is 26.4 Å². The van der Waals surface area contributed by atoms with Gasteiger partial charge in [0.15, 0.2) is 17.8 Å². The van der Waals surface area contributed by atoms with E-state index in [0.29, 0.717) is 69.8 Å². The van der Waals surface area contributed by atoms with Crippen LogP contribution in [0.15, 0.2) is 109 Å². The second-order valence-electron chi connectivity index (χ2n) is 10.9. The maximum absolute atomic E-state index is 11.8. The molecule has 12 heteroatoms. The molecule has 2 aromatic carbocycles. The summed E-state index contributed by atoms with van der Waals surface area (Å²) in [5, 5.41) is 4.49. The van der Waals surface area contributed by atoms with E-state index in [4.69, 9.17) is 31.9 Å². The van der Waals surface area contributed by atoms with Gasteiger partial charge in [-0.3, -0.25) is 9.48 Å². The molecule has 5 heterocycles. The zero-order valence-electron chi connectivity index (χ0n) is 26.1. The van der Waals surface area contributed by atoms with Crippen LogP contribution in [0, 0.1) is 13.8 Å². The summed E-state index contributed by atoms with van der Waals surface area (Å²) in [5.74, 6) is 4.91. The van der Waals surface area contributed by atoms with Crippen molar-refractivity contribution < 1.29 is 36.7 Å². The molecule has 0 aliphatic rings. The first-order valence-electron chi connectivity index (χ1n) is 15.1. The Bertz CT molecular complexity index is 2090. The van der Waals surface area contributed by atoms with Crippen LogP contribution in [0.3, 0.4) is 0 Å². The third kappa shape index (κ3) is 6.92. The van der Waals surface area contributed by atoms with Crippen LogP contribution in [0.2, 0.25) is 0 Å². The predicted molar refractivity (Wildman–Crippen MR) is 170 cm³/mol. The molecule has 12 nitrogen and oxygen atoms in total. The first-order valence-corrected chi connectivity index (χ1v) is 15.1. The highest BCUT2D eigenvalue weighted by atomic mass is 16.5. The van der Waals surface area contributed by atoms with E-state index in [1.807, 2.05) is 62.4 Å². The fourth-order valence-electron chi connectivity index (χ4n) is 4.84. The Morgan fingerprint density at radius 2 is 1.23 bits per heavy atom. The number of oxazole rings is 2. The Morgan fingerprint density at radius 1 is 0.688 bits per heavy atom. The summed E-state index contributed by atoms with van der Waals surface area (Å²) in [4.78, 5) is 20.7. The van der Waals surface area contributed by atoms with E-state index in [1.54, 1.807) is 47.7 Å². The number of hydrogen-bond acceptors (Lipinski definition) is 11. The third-order valence-electron chi connectivity index (χ3n) is 7.45. The van der Waals surface area contributed by atoms with Gasteiger partial charge in [-0.25, -0.2) is 9.97 Å². The highest BCUT2D eigenvalue weighted by Gasteiger charge is 2.16. The Balaban J connectivity index is 0.902. The molecule has 0 N–H and O–H groups in total. The first kappa shape index (κ1) is 30.4. The SMILES string of the molecule is Cc1oc(-c2ccco2)nc1COc1ccc(COc2nn(Cc3ccc(OCc4nc(-c5ccco5)oc4C)cc3)cc2C=O)cc1. The van der Waals surface area contributed by atoms with Crippen molar-refractivity contribution in [2.45, 2.75) is 40.2 Å². The van der Waals surface area contributed by atoms with E-state index in [9.17, 15) is 4.79 Å². The van der Waals surface area contributed by atoms with Crippen molar-refractivity contribution >= 4 is 6.29 Å². The van der Waals surface area contributed by atoms with E-state index >= 15 is 0 Å². The fraction of sp³-hybridized carbons (Fsp3) is 0.167. The minimum absolute atomic E-state index is 0.229. The van der Waals surface area contributed by atoms with Crippen LogP contribution in [0.25, 0.3) is 23.3 Å². The smallest absolute Gasteiger partial charge is 0.263 e. The molecule has 0 saturated carbocycles. The molecule has 0 aliphatic heterocycles. The van der Waals surface area contributed by atoms with Crippen molar-refractivity contribution in [3.8, 4) is 40.7 Å². The standard InChI is InChI=1S/C36H30N4O8/c1-23-30(37-35(47-23)32-5-3-15-42-32)21-44-28-11-7-25(8-12-28)17-40-18-27(19-41)34(39-40)46-20-26-9-13-29(14-10-26)45-22-31-24(2)48-36(38-31)33-6-4-16-43-33/h3-16,18-19H,17,20-22H2,1-2H3. The summed E-state index contributed by atoms with van der Waals surface area (Å²) in [6.07, 6.45) is 5.54. The summed E-state index contributed by atoms with van der Waals surface area (Å²) >= 11 is 0. The van der Waals surface area contributed by atoms with Gasteiger partial charge in [0.25, 0.3) is 11.8 Å². The van der Waals surface area contributed by atoms with Gasteiger partial charge in [0.1, 0.15) is 54.2 Å². The molecule has 242 valence electrons. The second kappa shape index (κ2) is 13.6. The van der Waals surface area contributed by atoms with Crippen LogP contribution < -0.4 is 14.2 Å². The van der Waals surface area contributed by atoms with Crippen LogP contribution in [0.5, 0.6) is 17.4 Å². The van der Waals surface area contributed by atoms with Gasteiger partial charge < -0.3 is 31.9 Å². The number of hydrogen-bond donors (Lipinski definition) is 0. The number of aromatic nitrogens is 4. The number of furan rings is 2. The molecular weight excluding hydrogens is 616 g/mol. The lowest BCUT2D eigenvalue weighted by atomic mass is 10.2. The predicted octanol–water partition coefficient (Wildman–Crippen LogP) is 7.59. The zero-order chi connectivity index (χ0) is 32.9. The fourth-order valence-corrected chi connectivity index (χ4v) is 4.84. The molecule has 0 aliphatic carbocycles. The molecule has 48 heavy (non-hydrogen) atoms. The van der Waals surface area contributed by atoms with Crippen molar-refractivity contribution in [3.05, 3.63) is 131 Å². The highest BCUT2D eigenvalue weighted by Crippen LogP contribution is 2.25. The molecule has 7 rings (SSSR count). The average Bonchev–Trinajstić information content (AvgIpc) is 3.95. The van der Waals surface area contributed by atoms with Gasteiger partial charge in [0.05, 0.1) is 24.6 Å². The number of aldehydes is 1. The lowest BCUT2D eigenvalue weighted by Gasteiger charge is -2.08. The number of carbonyl (C=O) groups is 1. The molecule has 0 saturated heterocycles. The summed E-state index contributed by atoms with van der Waals surface area (Å²) in [5.41, 5.74) is 3.61. The molecule has 0 atom stereocenters. The minimum atomic E-state index is 0.229. The van der Waals surface area contributed by atoms with Crippen molar-refractivity contribution in [1.82, 2.24) is 19.7 Å². The molecule has 0 bridgehead atoms. The molecule has 0 radical (unpaired) electrons. The maximum Gasteiger partial charge on any atom is 0.263 e. The van der Waals surface area contributed by atoms with Crippen LogP contribution in [0.4, 0.5) is 0 Å². The molecule has 5 aromatic heterocycles. The molecule has 7 aromatic rings. The lowest BCUT2D eigenvalue weighted by Crippen LogP contribution is -2.02. The monoisotopic (exact) mass is 646 g/mol.